The fraction of sp³-hybridized carbons (Fsp3) is 0.600. The van der Waals surface area contributed by atoms with E-state index < -0.39 is 21.8 Å². The molecule has 0 N–H and O–H groups in total. The molecule has 0 nitrogen and oxygen atoms in total. The smallest absolute Gasteiger partial charge is 0.193 e. The summed E-state index contributed by atoms with van der Waals surface area (Å²) in [6.45, 7) is 0. The highest BCUT2D eigenvalue weighted by atomic mass is 35.5. The van der Waals surface area contributed by atoms with Crippen LogP contribution in [0.1, 0.15) is 0 Å². The number of hydrogen-bond donors (Lipinski definition) is 0. The summed E-state index contributed by atoms with van der Waals surface area (Å²) in [6.07, 6.45) is 1.28. The van der Waals surface area contributed by atoms with E-state index >= 15 is 0 Å². The van der Waals surface area contributed by atoms with E-state index in [1.54, 1.807) is 0 Å². The molecule has 0 radical (unpaired) electrons. The maximum atomic E-state index is 12.3. The number of thioether (sulfide) groups is 1. The minimum atomic E-state index is -4.16. The predicted octanol–water partition coefficient (Wildman–Crippen LogP) is 3.08. The van der Waals surface area contributed by atoms with Gasteiger partial charge in [-0.25, -0.2) is 0 Å². The third kappa shape index (κ3) is 0.902. The Morgan fingerprint density at radius 3 is 1.82 bits per heavy atom. The summed E-state index contributed by atoms with van der Waals surface area (Å²) in [5, 5.41) is -1.03. The van der Waals surface area contributed by atoms with Crippen molar-refractivity contribution in [2.45, 2.75) is 11.8 Å². The van der Waals surface area contributed by atoms with Crippen molar-refractivity contribution in [2.24, 2.45) is 0 Å². The molecule has 0 aromatic carbocycles. The van der Waals surface area contributed by atoms with Crippen molar-refractivity contribution < 1.29 is 17.6 Å². The average Bonchev–Trinajstić information content (AvgIpc) is 1.88. The Hall–Kier alpha value is 0.1000. The largest absolute Gasteiger partial charge is 0.351 e. The lowest BCUT2D eigenvalue weighted by Gasteiger charge is -2.36. The van der Waals surface area contributed by atoms with Gasteiger partial charge in [0.05, 0.1) is 4.91 Å². The van der Waals surface area contributed by atoms with Crippen LogP contribution < -0.4 is 0 Å². The molecule has 0 spiro atoms. The predicted molar refractivity (Wildman–Crippen MR) is 36.3 cm³/mol. The molecule has 11 heavy (non-hydrogen) atoms. The van der Waals surface area contributed by atoms with Crippen LogP contribution in [0.5, 0.6) is 0 Å². The molecular weight excluding hydrogens is 204 g/mol. The Balaban J connectivity index is 3.07. The monoisotopic (exact) mass is 206 g/mol. The molecule has 1 aliphatic carbocycles. The number of alkyl halides is 4. The summed E-state index contributed by atoms with van der Waals surface area (Å²) < 4.78 is 49.0. The standard InChI is InChI=1S/C5H3ClF4S/c1-11-3-2(6)4(7,8)5(3,9)10/h1H3. The summed E-state index contributed by atoms with van der Waals surface area (Å²) in [6, 6.07) is 0. The molecule has 6 heteroatoms. The van der Waals surface area contributed by atoms with Crippen molar-refractivity contribution in [2.75, 3.05) is 6.26 Å². The summed E-state index contributed by atoms with van der Waals surface area (Å²) in [5.74, 6) is -8.23. The molecule has 1 rings (SSSR count). The van der Waals surface area contributed by atoms with E-state index in [-0.39, 0.29) is 0 Å². The van der Waals surface area contributed by atoms with Crippen molar-refractivity contribution in [3.63, 3.8) is 0 Å². The zero-order valence-corrected chi connectivity index (χ0v) is 6.87. The Labute approximate surface area is 69.6 Å². The van der Waals surface area contributed by atoms with Crippen LogP contribution in [0.15, 0.2) is 9.94 Å². The van der Waals surface area contributed by atoms with E-state index in [9.17, 15) is 17.6 Å². The molecular formula is C5H3ClF4S. The molecule has 0 heterocycles. The molecule has 0 fully saturated rings. The van der Waals surface area contributed by atoms with Crippen LogP contribution in [0.4, 0.5) is 17.6 Å². The number of hydrogen-bond acceptors (Lipinski definition) is 1. The molecule has 0 saturated heterocycles. The highest BCUT2D eigenvalue weighted by molar-refractivity contribution is 8.02. The van der Waals surface area contributed by atoms with Crippen molar-refractivity contribution in [3.05, 3.63) is 9.94 Å². The summed E-state index contributed by atoms with van der Waals surface area (Å²) in [4.78, 5) is -0.732. The summed E-state index contributed by atoms with van der Waals surface area (Å²) >= 11 is 5.47. The van der Waals surface area contributed by atoms with Crippen LogP contribution in [-0.2, 0) is 0 Å². The quantitative estimate of drug-likeness (QED) is 0.594. The molecule has 0 aromatic heterocycles. The Bertz CT molecular complexity index is 223. The molecule has 0 aromatic rings. The first kappa shape index (κ1) is 9.19. The maximum absolute atomic E-state index is 12.3. The third-order valence-electron chi connectivity index (χ3n) is 1.36. The van der Waals surface area contributed by atoms with Gasteiger partial charge in [0, 0.05) is 0 Å². The minimum Gasteiger partial charge on any atom is -0.193 e. The number of allylic oxidation sites excluding steroid dienone is 2. The van der Waals surface area contributed by atoms with Gasteiger partial charge in [0.1, 0.15) is 5.03 Å². The van der Waals surface area contributed by atoms with Crippen LogP contribution in [-0.4, -0.2) is 18.1 Å². The first-order chi connectivity index (χ1) is 4.85. The minimum absolute atomic E-state index is 0.547. The Morgan fingerprint density at radius 1 is 1.18 bits per heavy atom. The van der Waals surface area contributed by atoms with E-state index in [1.165, 1.54) is 6.26 Å². The van der Waals surface area contributed by atoms with Gasteiger partial charge in [-0.3, -0.25) is 0 Å². The zero-order chi connectivity index (χ0) is 8.86. The first-order valence-corrected chi connectivity index (χ1v) is 4.16. The van der Waals surface area contributed by atoms with Gasteiger partial charge in [-0.1, -0.05) is 11.6 Å². The summed E-state index contributed by atoms with van der Waals surface area (Å²) in [7, 11) is 0. The molecule has 64 valence electrons. The molecule has 0 saturated carbocycles. The normalized spacial score (nSPS) is 26.7. The maximum Gasteiger partial charge on any atom is 0.351 e. The fourth-order valence-corrected chi connectivity index (χ4v) is 1.88. The molecule has 1 aliphatic rings. The lowest BCUT2D eigenvalue weighted by Crippen LogP contribution is -2.51. The van der Waals surface area contributed by atoms with E-state index in [0.717, 1.165) is 0 Å². The molecule has 0 amide bonds. The average molecular weight is 207 g/mol. The third-order valence-corrected chi connectivity index (χ3v) is 2.77. The topological polar surface area (TPSA) is 0 Å². The SMILES string of the molecule is CSC1=C(Cl)C(F)(F)C1(F)F. The lowest BCUT2D eigenvalue weighted by molar-refractivity contribution is -0.176. The first-order valence-electron chi connectivity index (χ1n) is 2.56. The van der Waals surface area contributed by atoms with E-state index in [0.29, 0.717) is 11.8 Å². The van der Waals surface area contributed by atoms with Crippen LogP contribution in [0.3, 0.4) is 0 Å². The highest BCUT2D eigenvalue weighted by Gasteiger charge is 2.70. The molecule has 0 atom stereocenters. The van der Waals surface area contributed by atoms with E-state index in [1.807, 2.05) is 0 Å². The number of rotatable bonds is 1. The zero-order valence-electron chi connectivity index (χ0n) is 5.30. The summed E-state index contributed by atoms with van der Waals surface area (Å²) in [5.41, 5.74) is 0. The van der Waals surface area contributed by atoms with Gasteiger partial charge in [0.2, 0.25) is 0 Å². The van der Waals surface area contributed by atoms with Crippen molar-refractivity contribution in [3.8, 4) is 0 Å². The molecule has 0 unspecified atom stereocenters. The van der Waals surface area contributed by atoms with Crippen molar-refractivity contribution in [1.82, 2.24) is 0 Å². The van der Waals surface area contributed by atoms with Gasteiger partial charge in [-0.15, -0.1) is 11.8 Å². The van der Waals surface area contributed by atoms with Gasteiger partial charge in [0.25, 0.3) is 0 Å². The van der Waals surface area contributed by atoms with Gasteiger partial charge < -0.3 is 0 Å². The number of halogens is 5. The highest BCUT2D eigenvalue weighted by Crippen LogP contribution is 2.59. The molecule has 0 aliphatic heterocycles. The van der Waals surface area contributed by atoms with Crippen LogP contribution in [0, 0.1) is 0 Å². The second kappa shape index (κ2) is 2.29. The van der Waals surface area contributed by atoms with Crippen molar-refractivity contribution >= 4 is 23.4 Å². The lowest BCUT2D eigenvalue weighted by atomic mass is 10.00. The van der Waals surface area contributed by atoms with Crippen molar-refractivity contribution in [1.29, 1.82) is 0 Å². The van der Waals surface area contributed by atoms with E-state index in [4.69, 9.17) is 11.6 Å². The second-order valence-electron chi connectivity index (χ2n) is 2.00. The van der Waals surface area contributed by atoms with Crippen LogP contribution in [0.2, 0.25) is 0 Å². The van der Waals surface area contributed by atoms with Gasteiger partial charge in [-0.2, -0.15) is 17.6 Å². The Morgan fingerprint density at radius 2 is 1.64 bits per heavy atom. The second-order valence-corrected chi connectivity index (χ2v) is 3.19. The van der Waals surface area contributed by atoms with E-state index in [2.05, 4.69) is 0 Å². The van der Waals surface area contributed by atoms with Gasteiger partial charge in [0.15, 0.2) is 0 Å². The van der Waals surface area contributed by atoms with Crippen LogP contribution in [0.25, 0.3) is 0 Å². The van der Waals surface area contributed by atoms with Crippen LogP contribution >= 0.6 is 23.4 Å². The van der Waals surface area contributed by atoms with Gasteiger partial charge >= 0.3 is 11.8 Å². The molecule has 0 bridgehead atoms. The Kier molecular flexibility index (Phi) is 1.92. The fourth-order valence-electron chi connectivity index (χ4n) is 0.716. The van der Waals surface area contributed by atoms with Gasteiger partial charge in [-0.05, 0) is 6.26 Å².